The van der Waals surface area contributed by atoms with Crippen LogP contribution in [0.4, 0.5) is 5.69 Å². The Morgan fingerprint density at radius 3 is 2.06 bits per heavy atom. The summed E-state index contributed by atoms with van der Waals surface area (Å²) in [6.45, 7) is -0.574. The van der Waals surface area contributed by atoms with Crippen molar-refractivity contribution in [3.8, 4) is 17.2 Å². The smallest absolute Gasteiger partial charge is 0.338 e. The summed E-state index contributed by atoms with van der Waals surface area (Å²) in [5.74, 6) is -0.487. The molecule has 11 heteroatoms. The lowest BCUT2D eigenvalue weighted by Crippen LogP contribution is -2.16. The summed E-state index contributed by atoms with van der Waals surface area (Å²) >= 11 is 2.11. The van der Waals surface area contributed by atoms with E-state index in [2.05, 4.69) is 27.3 Å². The fourth-order valence-electron chi connectivity index (χ4n) is 3.06. The summed E-state index contributed by atoms with van der Waals surface area (Å²) in [5, 5.41) is 0. The van der Waals surface area contributed by atoms with E-state index in [1.54, 1.807) is 24.3 Å². The van der Waals surface area contributed by atoms with Crippen molar-refractivity contribution in [3.63, 3.8) is 0 Å². The lowest BCUT2D eigenvalue weighted by molar-refractivity contribution is 0.0474. The second-order valence-electron chi connectivity index (χ2n) is 7.05. The quantitative estimate of drug-likeness (QED) is 0.207. The van der Waals surface area contributed by atoms with E-state index < -0.39 is 28.4 Å². The van der Waals surface area contributed by atoms with Gasteiger partial charge in [0.2, 0.25) is 11.5 Å². The highest BCUT2D eigenvalue weighted by Gasteiger charge is 2.20. The van der Waals surface area contributed by atoms with Gasteiger partial charge < -0.3 is 18.9 Å². The summed E-state index contributed by atoms with van der Waals surface area (Å²) in [5.41, 5.74) is 0.549. The second kappa shape index (κ2) is 11.4. The Labute approximate surface area is 216 Å². The Kier molecular flexibility index (Phi) is 8.57. The molecule has 1 N–H and O–H groups in total. The van der Waals surface area contributed by atoms with Crippen molar-refractivity contribution in [2.75, 3.05) is 32.7 Å². The van der Waals surface area contributed by atoms with E-state index >= 15 is 0 Å². The van der Waals surface area contributed by atoms with Gasteiger partial charge in [0.25, 0.3) is 10.0 Å². The van der Waals surface area contributed by atoms with Crippen molar-refractivity contribution >= 4 is 50.1 Å². The van der Waals surface area contributed by atoms with Gasteiger partial charge in [-0.05, 0) is 77.2 Å². The highest BCUT2D eigenvalue weighted by molar-refractivity contribution is 14.1. The summed E-state index contributed by atoms with van der Waals surface area (Å²) in [4.78, 5) is 25.1. The van der Waals surface area contributed by atoms with Crippen LogP contribution >= 0.6 is 22.6 Å². The third-order valence-corrected chi connectivity index (χ3v) is 6.90. The number of carbonyl (C=O) groups is 2. The number of methoxy groups -OCH3 is 3. The molecule has 0 saturated carbocycles. The number of rotatable bonds is 10. The Hall–Kier alpha value is -3.32. The molecule has 0 aliphatic rings. The second-order valence-corrected chi connectivity index (χ2v) is 9.98. The first-order valence-corrected chi connectivity index (χ1v) is 12.6. The highest BCUT2D eigenvalue weighted by Crippen LogP contribution is 2.38. The number of sulfonamides is 1. The van der Waals surface area contributed by atoms with Crippen molar-refractivity contribution in [2.45, 2.75) is 4.90 Å². The third-order valence-electron chi connectivity index (χ3n) is 4.80. The van der Waals surface area contributed by atoms with Crippen LogP contribution in [0.2, 0.25) is 0 Å². The van der Waals surface area contributed by atoms with Crippen LogP contribution in [0.1, 0.15) is 20.7 Å². The van der Waals surface area contributed by atoms with Crippen molar-refractivity contribution < 1.29 is 37.0 Å². The van der Waals surface area contributed by atoms with Gasteiger partial charge >= 0.3 is 5.97 Å². The number of ether oxygens (including phenoxy) is 4. The zero-order valence-corrected chi connectivity index (χ0v) is 22.0. The first kappa shape index (κ1) is 26.3. The van der Waals surface area contributed by atoms with Gasteiger partial charge in [-0.1, -0.05) is 6.07 Å². The molecular formula is C24H22INO8S. The van der Waals surface area contributed by atoms with Gasteiger partial charge in [0, 0.05) is 14.8 Å². The van der Waals surface area contributed by atoms with Crippen LogP contribution in [0.3, 0.4) is 0 Å². The molecule has 0 amide bonds. The maximum atomic E-state index is 12.7. The molecule has 0 bridgehead atoms. The number of benzene rings is 3. The van der Waals surface area contributed by atoms with Gasteiger partial charge in [0.1, 0.15) is 0 Å². The molecule has 184 valence electrons. The van der Waals surface area contributed by atoms with Gasteiger partial charge in [-0.25, -0.2) is 13.2 Å². The maximum Gasteiger partial charge on any atom is 0.338 e. The highest BCUT2D eigenvalue weighted by atomic mass is 127. The van der Waals surface area contributed by atoms with E-state index in [9.17, 15) is 18.0 Å². The average Bonchev–Trinajstić information content (AvgIpc) is 2.87. The minimum absolute atomic E-state index is 0.0202. The van der Waals surface area contributed by atoms with Crippen LogP contribution < -0.4 is 18.9 Å². The summed E-state index contributed by atoms with van der Waals surface area (Å²) in [7, 11) is 0.326. The van der Waals surface area contributed by atoms with E-state index in [1.165, 1.54) is 57.7 Å². The molecule has 0 aliphatic carbocycles. The zero-order chi connectivity index (χ0) is 25.6. The lowest BCUT2D eigenvalue weighted by atomic mass is 10.1. The first-order valence-electron chi connectivity index (χ1n) is 10.1. The number of halogens is 1. The van der Waals surface area contributed by atoms with Crippen LogP contribution in [0.5, 0.6) is 17.2 Å². The van der Waals surface area contributed by atoms with Crippen molar-refractivity contribution in [2.24, 2.45) is 0 Å². The fourth-order valence-corrected chi connectivity index (χ4v) is 4.53. The Morgan fingerprint density at radius 2 is 1.49 bits per heavy atom. The number of ketones is 1. The number of carbonyl (C=O) groups excluding carboxylic acids is 2. The van der Waals surface area contributed by atoms with E-state index in [0.717, 1.165) is 3.57 Å². The molecular weight excluding hydrogens is 589 g/mol. The molecule has 0 aromatic heterocycles. The maximum absolute atomic E-state index is 12.7. The molecule has 0 fully saturated rings. The van der Waals surface area contributed by atoms with Crippen LogP contribution in [0, 0.1) is 3.57 Å². The number of nitrogens with one attached hydrogen (secondary N) is 1. The molecule has 0 radical (unpaired) electrons. The Morgan fingerprint density at radius 1 is 0.857 bits per heavy atom. The minimum atomic E-state index is -3.95. The number of anilines is 1. The number of Topliss-reactive ketones (excluding diaryl/α,β-unsaturated/α-hetero) is 1. The zero-order valence-electron chi connectivity index (χ0n) is 19.0. The molecule has 3 rings (SSSR count). The molecule has 9 nitrogen and oxygen atoms in total. The van der Waals surface area contributed by atoms with Gasteiger partial charge in [-0.15, -0.1) is 0 Å². The molecule has 0 aliphatic heterocycles. The predicted octanol–water partition coefficient (Wildman–Crippen LogP) is 4.16. The SMILES string of the molecule is COc1cc(C(=O)COC(=O)c2cccc(S(=O)(=O)Nc3ccc(I)cc3)c2)cc(OC)c1OC. The van der Waals surface area contributed by atoms with E-state index in [-0.39, 0.29) is 27.5 Å². The van der Waals surface area contributed by atoms with Crippen LogP contribution in [-0.4, -0.2) is 48.1 Å². The predicted molar refractivity (Wildman–Crippen MR) is 137 cm³/mol. The first-order chi connectivity index (χ1) is 16.7. The molecule has 0 heterocycles. The molecule has 0 atom stereocenters. The Bertz CT molecular complexity index is 1310. The Balaban J connectivity index is 1.73. The van der Waals surface area contributed by atoms with E-state index in [4.69, 9.17) is 18.9 Å². The molecule has 0 spiro atoms. The number of hydrogen-bond acceptors (Lipinski definition) is 8. The monoisotopic (exact) mass is 611 g/mol. The lowest BCUT2D eigenvalue weighted by Gasteiger charge is -2.14. The van der Waals surface area contributed by atoms with Crippen molar-refractivity contribution in [3.05, 3.63) is 75.4 Å². The summed E-state index contributed by atoms with van der Waals surface area (Å²) in [6, 6.07) is 15.0. The van der Waals surface area contributed by atoms with E-state index in [0.29, 0.717) is 11.4 Å². The van der Waals surface area contributed by atoms with Gasteiger partial charge in [-0.3, -0.25) is 9.52 Å². The molecule has 3 aromatic carbocycles. The third kappa shape index (κ3) is 6.42. The molecule has 35 heavy (non-hydrogen) atoms. The molecule has 0 saturated heterocycles. The number of hydrogen-bond donors (Lipinski definition) is 1. The summed E-state index contributed by atoms with van der Waals surface area (Å²) in [6.07, 6.45) is 0. The van der Waals surface area contributed by atoms with Gasteiger partial charge in [0.15, 0.2) is 18.1 Å². The topological polar surface area (TPSA) is 117 Å². The van der Waals surface area contributed by atoms with Crippen molar-refractivity contribution in [1.29, 1.82) is 0 Å². The summed E-state index contributed by atoms with van der Waals surface area (Å²) < 4.78 is 49.7. The minimum Gasteiger partial charge on any atom is -0.493 e. The van der Waals surface area contributed by atoms with E-state index in [1.807, 2.05) is 0 Å². The largest absolute Gasteiger partial charge is 0.493 e. The standard InChI is InChI=1S/C24H22INO8S/c1-31-21-12-16(13-22(32-2)23(21)33-3)20(27)14-34-24(28)15-5-4-6-19(11-15)35(29,30)26-18-9-7-17(25)8-10-18/h4-13,26H,14H2,1-3H3. The number of esters is 1. The van der Waals surface area contributed by atoms with Crippen molar-refractivity contribution in [1.82, 2.24) is 0 Å². The fraction of sp³-hybridized carbons (Fsp3) is 0.167. The molecule has 3 aromatic rings. The average molecular weight is 611 g/mol. The normalized spacial score (nSPS) is 10.9. The van der Waals surface area contributed by atoms with Gasteiger partial charge in [-0.2, -0.15) is 0 Å². The van der Waals surface area contributed by atoms with Gasteiger partial charge in [0.05, 0.1) is 31.8 Å². The van der Waals surface area contributed by atoms with Crippen LogP contribution in [0.15, 0.2) is 65.6 Å². The van der Waals surface area contributed by atoms with Crippen LogP contribution in [0.25, 0.3) is 0 Å². The van der Waals surface area contributed by atoms with Crippen LogP contribution in [-0.2, 0) is 14.8 Å². The molecule has 0 unspecified atom stereocenters.